The van der Waals surface area contributed by atoms with E-state index in [1.54, 1.807) is 19.1 Å². The van der Waals surface area contributed by atoms with Crippen LogP contribution in [0.1, 0.15) is 34.8 Å². The van der Waals surface area contributed by atoms with Gasteiger partial charge in [0.25, 0.3) is 5.91 Å². The van der Waals surface area contributed by atoms with Crippen LogP contribution in [0.4, 0.5) is 10.8 Å². The number of benzene rings is 1. The highest BCUT2D eigenvalue weighted by molar-refractivity contribution is 7.17. The van der Waals surface area contributed by atoms with Gasteiger partial charge in [0.05, 0.1) is 18.0 Å². The minimum absolute atomic E-state index is 0.120. The van der Waals surface area contributed by atoms with E-state index in [2.05, 4.69) is 10.3 Å². The standard InChI is InChI=1S/C20H23N3O5S/c1-11(2)9-28-19(26)18-13(4)21-20(29-18)22-16(24)8-23-14-7-12(3)5-6-15(14)27-10-17(23)25/h5-7,11H,8-10H2,1-4H3,(H,21,22,24). The number of hydrogen-bond acceptors (Lipinski definition) is 7. The van der Waals surface area contributed by atoms with Crippen molar-refractivity contribution < 1.29 is 23.9 Å². The number of carbonyl (C=O) groups is 3. The molecule has 3 rings (SSSR count). The molecule has 1 N–H and O–H groups in total. The third kappa shape index (κ3) is 4.92. The number of amides is 2. The molecule has 0 atom stereocenters. The summed E-state index contributed by atoms with van der Waals surface area (Å²) in [6.07, 6.45) is 0. The Bertz CT molecular complexity index is 954. The molecule has 1 aromatic heterocycles. The lowest BCUT2D eigenvalue weighted by Gasteiger charge is -2.29. The molecule has 2 heterocycles. The van der Waals surface area contributed by atoms with E-state index >= 15 is 0 Å². The Morgan fingerprint density at radius 3 is 2.83 bits per heavy atom. The minimum atomic E-state index is -0.457. The molecule has 0 spiro atoms. The maximum atomic E-state index is 12.5. The van der Waals surface area contributed by atoms with E-state index in [0.717, 1.165) is 16.9 Å². The van der Waals surface area contributed by atoms with E-state index in [1.807, 2.05) is 26.8 Å². The number of thiazole rings is 1. The van der Waals surface area contributed by atoms with Gasteiger partial charge in [-0.15, -0.1) is 0 Å². The smallest absolute Gasteiger partial charge is 0.350 e. The van der Waals surface area contributed by atoms with Crippen LogP contribution < -0.4 is 15.0 Å². The van der Waals surface area contributed by atoms with E-state index < -0.39 is 11.9 Å². The number of carbonyl (C=O) groups excluding carboxylic acids is 3. The molecule has 0 saturated carbocycles. The number of anilines is 2. The normalized spacial score (nSPS) is 13.1. The summed E-state index contributed by atoms with van der Waals surface area (Å²) in [6.45, 7) is 7.50. The van der Waals surface area contributed by atoms with Gasteiger partial charge in [-0.2, -0.15) is 0 Å². The maximum Gasteiger partial charge on any atom is 0.350 e. The third-order valence-corrected chi connectivity index (χ3v) is 5.19. The first-order chi connectivity index (χ1) is 13.7. The molecule has 2 amide bonds. The van der Waals surface area contributed by atoms with E-state index in [4.69, 9.17) is 9.47 Å². The second kappa shape index (κ2) is 8.60. The highest BCUT2D eigenvalue weighted by Crippen LogP contribution is 2.33. The predicted octanol–water partition coefficient (Wildman–Crippen LogP) is 2.94. The molecule has 154 valence electrons. The fourth-order valence-corrected chi connectivity index (χ4v) is 3.61. The summed E-state index contributed by atoms with van der Waals surface area (Å²) < 4.78 is 10.6. The molecule has 0 fully saturated rings. The molecule has 9 heteroatoms. The van der Waals surface area contributed by atoms with Gasteiger partial charge in [-0.3, -0.25) is 14.5 Å². The van der Waals surface area contributed by atoms with Crippen LogP contribution in [0.2, 0.25) is 0 Å². The van der Waals surface area contributed by atoms with Gasteiger partial charge in [0.1, 0.15) is 17.2 Å². The van der Waals surface area contributed by atoms with Crippen LogP contribution in [0, 0.1) is 19.8 Å². The van der Waals surface area contributed by atoms with E-state index in [0.29, 0.717) is 28.6 Å². The summed E-state index contributed by atoms with van der Waals surface area (Å²) in [5.74, 6) is -0.385. The van der Waals surface area contributed by atoms with Gasteiger partial charge >= 0.3 is 5.97 Å². The molecule has 1 aliphatic heterocycles. The number of aryl methyl sites for hydroxylation is 2. The van der Waals surface area contributed by atoms with Crippen molar-refractivity contribution in [3.63, 3.8) is 0 Å². The van der Waals surface area contributed by atoms with Crippen LogP contribution >= 0.6 is 11.3 Å². The van der Waals surface area contributed by atoms with E-state index in [1.165, 1.54) is 4.90 Å². The zero-order chi connectivity index (χ0) is 21.1. The van der Waals surface area contributed by atoms with Crippen molar-refractivity contribution in [2.24, 2.45) is 5.92 Å². The molecule has 8 nitrogen and oxygen atoms in total. The molecule has 29 heavy (non-hydrogen) atoms. The summed E-state index contributed by atoms with van der Waals surface area (Å²) >= 11 is 1.05. The second-order valence-electron chi connectivity index (χ2n) is 7.21. The van der Waals surface area contributed by atoms with Gasteiger partial charge in [0.2, 0.25) is 5.91 Å². The van der Waals surface area contributed by atoms with Gasteiger partial charge in [-0.25, -0.2) is 9.78 Å². The lowest BCUT2D eigenvalue weighted by Crippen LogP contribution is -2.43. The second-order valence-corrected chi connectivity index (χ2v) is 8.21. The lowest BCUT2D eigenvalue weighted by atomic mass is 10.1. The molecule has 0 bridgehead atoms. The number of esters is 1. The minimum Gasteiger partial charge on any atom is -0.482 e. The number of hydrogen-bond donors (Lipinski definition) is 1. The number of ether oxygens (including phenoxy) is 2. The number of fused-ring (bicyclic) bond motifs is 1. The van der Waals surface area contributed by atoms with Crippen molar-refractivity contribution in [1.82, 2.24) is 4.98 Å². The SMILES string of the molecule is Cc1ccc2c(c1)N(CC(=O)Nc1nc(C)c(C(=O)OCC(C)C)s1)C(=O)CO2. The van der Waals surface area contributed by atoms with Crippen molar-refractivity contribution in [1.29, 1.82) is 0 Å². The zero-order valence-electron chi connectivity index (χ0n) is 16.8. The number of rotatable bonds is 6. The van der Waals surface area contributed by atoms with Gasteiger partial charge in [-0.05, 0) is 37.5 Å². The van der Waals surface area contributed by atoms with Crippen LogP contribution in [0.15, 0.2) is 18.2 Å². The molecule has 1 aromatic carbocycles. The maximum absolute atomic E-state index is 12.5. The average Bonchev–Trinajstić information content (AvgIpc) is 3.02. The Morgan fingerprint density at radius 1 is 1.34 bits per heavy atom. The Labute approximate surface area is 172 Å². The van der Waals surface area contributed by atoms with E-state index in [9.17, 15) is 14.4 Å². The molecule has 0 radical (unpaired) electrons. The number of aromatic nitrogens is 1. The molecular formula is C20H23N3O5S. The Balaban J connectivity index is 1.69. The van der Waals surface area contributed by atoms with Crippen molar-refractivity contribution >= 4 is 39.9 Å². The van der Waals surface area contributed by atoms with Crippen molar-refractivity contribution in [2.45, 2.75) is 27.7 Å². The number of nitrogens with one attached hydrogen (secondary N) is 1. The Hall–Kier alpha value is -2.94. The third-order valence-electron chi connectivity index (χ3n) is 4.14. The van der Waals surface area contributed by atoms with Crippen molar-refractivity contribution in [2.75, 3.05) is 30.0 Å². The Morgan fingerprint density at radius 2 is 2.10 bits per heavy atom. The van der Waals surface area contributed by atoms with Crippen LogP contribution in [0.25, 0.3) is 0 Å². The van der Waals surface area contributed by atoms with Crippen LogP contribution in [0.3, 0.4) is 0 Å². The molecular weight excluding hydrogens is 394 g/mol. The average molecular weight is 417 g/mol. The summed E-state index contributed by atoms with van der Waals surface area (Å²) in [5, 5.41) is 2.95. The van der Waals surface area contributed by atoms with Crippen molar-refractivity contribution in [3.8, 4) is 5.75 Å². The summed E-state index contributed by atoms with van der Waals surface area (Å²) in [7, 11) is 0. The monoisotopic (exact) mass is 417 g/mol. The lowest BCUT2D eigenvalue weighted by molar-refractivity contribution is -0.123. The van der Waals surface area contributed by atoms with Crippen molar-refractivity contribution in [3.05, 3.63) is 34.3 Å². The zero-order valence-corrected chi connectivity index (χ0v) is 17.6. The first-order valence-electron chi connectivity index (χ1n) is 9.22. The highest BCUT2D eigenvalue weighted by Gasteiger charge is 2.28. The summed E-state index contributed by atoms with van der Waals surface area (Å²) in [5.41, 5.74) is 2.00. The molecule has 0 unspecified atom stereocenters. The van der Waals surface area contributed by atoms with Gasteiger partial charge in [-0.1, -0.05) is 31.3 Å². The quantitative estimate of drug-likeness (QED) is 0.726. The molecule has 0 aliphatic carbocycles. The first-order valence-corrected chi connectivity index (χ1v) is 10.0. The molecule has 1 aliphatic rings. The van der Waals surface area contributed by atoms with Crippen LogP contribution in [0.5, 0.6) is 5.75 Å². The predicted molar refractivity (Wildman–Crippen MR) is 110 cm³/mol. The van der Waals surface area contributed by atoms with E-state index in [-0.39, 0.29) is 30.1 Å². The fraction of sp³-hybridized carbons (Fsp3) is 0.400. The summed E-state index contributed by atoms with van der Waals surface area (Å²) in [6, 6.07) is 5.46. The van der Waals surface area contributed by atoms with Crippen LogP contribution in [-0.4, -0.2) is 42.5 Å². The fourth-order valence-electron chi connectivity index (χ4n) is 2.74. The largest absolute Gasteiger partial charge is 0.482 e. The van der Waals surface area contributed by atoms with Crippen LogP contribution in [-0.2, 0) is 14.3 Å². The van der Waals surface area contributed by atoms with Gasteiger partial charge < -0.3 is 14.8 Å². The first kappa shape index (κ1) is 20.8. The highest BCUT2D eigenvalue weighted by atomic mass is 32.1. The topological polar surface area (TPSA) is 97.8 Å². The Kier molecular flexibility index (Phi) is 6.17. The molecule has 2 aromatic rings. The van der Waals surface area contributed by atoms with Gasteiger partial charge in [0, 0.05) is 0 Å². The van der Waals surface area contributed by atoms with Gasteiger partial charge in [0.15, 0.2) is 11.7 Å². The summed E-state index contributed by atoms with van der Waals surface area (Å²) in [4.78, 5) is 42.9. The molecule has 0 saturated heterocycles. The number of nitrogens with zero attached hydrogens (tertiary/aromatic N) is 2.